The summed E-state index contributed by atoms with van der Waals surface area (Å²) in [5, 5.41) is 13.6. The van der Waals surface area contributed by atoms with E-state index >= 15 is 0 Å². The Kier molecular flexibility index (Phi) is 6.99. The minimum Gasteiger partial charge on any atom is -0.336 e. The molecule has 0 saturated heterocycles. The molecule has 3 rings (SSSR count). The van der Waals surface area contributed by atoms with Crippen molar-refractivity contribution >= 4 is 15.7 Å². The Labute approximate surface area is 187 Å². The van der Waals surface area contributed by atoms with Gasteiger partial charge in [0.1, 0.15) is 23.4 Å². The number of halogens is 4. The molecule has 176 valence electrons. The first-order chi connectivity index (χ1) is 15.4. The lowest BCUT2D eigenvalue weighted by atomic mass is 10.0. The normalized spacial score (nSPS) is 16.9. The van der Waals surface area contributed by atoms with Crippen molar-refractivity contribution in [2.45, 2.75) is 42.4 Å². The zero-order chi connectivity index (χ0) is 24.3. The van der Waals surface area contributed by atoms with Crippen molar-refractivity contribution in [3.63, 3.8) is 0 Å². The summed E-state index contributed by atoms with van der Waals surface area (Å²) in [6.45, 7) is 0. The van der Waals surface area contributed by atoms with E-state index in [-0.39, 0.29) is 5.69 Å². The van der Waals surface area contributed by atoms with Crippen molar-refractivity contribution in [2.75, 3.05) is 5.75 Å². The maximum Gasteiger partial charge on any atom is 0.407 e. The van der Waals surface area contributed by atoms with Crippen LogP contribution in [-0.2, 0) is 20.4 Å². The third-order valence-electron chi connectivity index (χ3n) is 4.95. The van der Waals surface area contributed by atoms with E-state index in [1.807, 2.05) is 6.07 Å². The van der Waals surface area contributed by atoms with E-state index in [2.05, 4.69) is 20.6 Å². The van der Waals surface area contributed by atoms with Crippen LogP contribution in [0.2, 0.25) is 0 Å². The highest BCUT2D eigenvalue weighted by Gasteiger charge is 2.48. The molecule has 1 aromatic heterocycles. The number of nitrogens with zero attached hydrogens (tertiary/aromatic N) is 3. The summed E-state index contributed by atoms with van der Waals surface area (Å²) in [4.78, 5) is 20.4. The molecule has 1 amide bonds. The molecule has 2 atom stereocenters. The number of hydrogen-bond donors (Lipinski definition) is 2. The van der Waals surface area contributed by atoms with E-state index in [4.69, 9.17) is 0 Å². The minimum atomic E-state index is -4.93. The van der Waals surface area contributed by atoms with Crippen molar-refractivity contribution in [1.82, 2.24) is 20.6 Å². The highest BCUT2D eigenvalue weighted by atomic mass is 32.2. The number of rotatable bonds is 9. The van der Waals surface area contributed by atoms with Gasteiger partial charge >= 0.3 is 6.18 Å². The summed E-state index contributed by atoms with van der Waals surface area (Å²) in [6, 6.07) is 0.986. The highest BCUT2D eigenvalue weighted by Crippen LogP contribution is 2.35. The molecule has 33 heavy (non-hydrogen) atoms. The molecule has 0 unspecified atom stereocenters. The van der Waals surface area contributed by atoms with Crippen LogP contribution in [0.15, 0.2) is 42.9 Å². The zero-order valence-electron chi connectivity index (χ0n) is 17.0. The van der Waals surface area contributed by atoms with Gasteiger partial charge in [0, 0.05) is 18.6 Å². The quantitative estimate of drug-likeness (QED) is 0.520. The van der Waals surface area contributed by atoms with Gasteiger partial charge in [-0.15, -0.1) is 0 Å². The van der Waals surface area contributed by atoms with E-state index in [1.54, 1.807) is 0 Å². The molecule has 1 aromatic carbocycles. The molecule has 2 N–H and O–H groups in total. The van der Waals surface area contributed by atoms with Gasteiger partial charge in [-0.1, -0.05) is 12.1 Å². The van der Waals surface area contributed by atoms with Gasteiger partial charge in [0.15, 0.2) is 9.84 Å². The second-order valence-corrected chi connectivity index (χ2v) is 9.79. The standard InChI is InChI=1S/C20H19F4N5O3S/c21-14-3-1-13(2-4-14)17(20(22,23)24)28-16(18(30)29-19(12-25)5-6-19)11-33(31,32)10-15-9-26-7-8-27-15/h1-4,7-9,16-17,28H,5-6,10-11H2,(H,29,30)/t16-,17+/m0/s1. The third-order valence-corrected chi connectivity index (χ3v) is 6.52. The van der Waals surface area contributed by atoms with Gasteiger partial charge in [-0.25, -0.2) is 12.8 Å². The van der Waals surface area contributed by atoms with Crippen LogP contribution >= 0.6 is 0 Å². The number of carbonyl (C=O) groups excluding carboxylic acids is 1. The number of nitriles is 1. The predicted molar refractivity (Wildman–Crippen MR) is 107 cm³/mol. The van der Waals surface area contributed by atoms with Crippen LogP contribution in [0.25, 0.3) is 0 Å². The lowest BCUT2D eigenvalue weighted by molar-refractivity contribution is -0.160. The molecule has 1 saturated carbocycles. The summed E-state index contributed by atoms with van der Waals surface area (Å²) in [7, 11) is -4.14. The van der Waals surface area contributed by atoms with E-state index in [0.717, 1.165) is 24.3 Å². The third kappa shape index (κ3) is 6.69. The minimum absolute atomic E-state index is 0.0539. The fourth-order valence-electron chi connectivity index (χ4n) is 3.09. The number of amides is 1. The fraction of sp³-hybridized carbons (Fsp3) is 0.400. The summed E-state index contributed by atoms with van der Waals surface area (Å²) < 4.78 is 80.1. The average Bonchev–Trinajstić information content (AvgIpc) is 3.51. The van der Waals surface area contributed by atoms with Crippen molar-refractivity contribution in [1.29, 1.82) is 5.26 Å². The first-order valence-electron chi connectivity index (χ1n) is 9.70. The number of alkyl halides is 3. The predicted octanol–water partition coefficient (Wildman–Crippen LogP) is 1.96. The molecule has 1 aliphatic rings. The van der Waals surface area contributed by atoms with Crippen LogP contribution in [0.4, 0.5) is 17.6 Å². The molecule has 0 bridgehead atoms. The second-order valence-electron chi connectivity index (χ2n) is 7.68. The molecular formula is C20H19F4N5O3S. The van der Waals surface area contributed by atoms with Crippen LogP contribution in [-0.4, -0.2) is 47.8 Å². The molecule has 0 radical (unpaired) electrons. The Morgan fingerprint density at radius 2 is 1.88 bits per heavy atom. The average molecular weight is 485 g/mol. The summed E-state index contributed by atoms with van der Waals surface area (Å²) >= 11 is 0. The summed E-state index contributed by atoms with van der Waals surface area (Å²) in [6.07, 6.45) is -0.569. The van der Waals surface area contributed by atoms with Crippen molar-refractivity contribution in [3.05, 3.63) is 59.9 Å². The van der Waals surface area contributed by atoms with Crippen molar-refractivity contribution in [2.24, 2.45) is 0 Å². The van der Waals surface area contributed by atoms with Crippen LogP contribution in [0.1, 0.15) is 30.1 Å². The number of nitrogens with one attached hydrogen (secondary N) is 2. The van der Waals surface area contributed by atoms with Gasteiger partial charge in [-0.05, 0) is 30.5 Å². The van der Waals surface area contributed by atoms with Crippen LogP contribution in [0, 0.1) is 17.1 Å². The van der Waals surface area contributed by atoms with Crippen LogP contribution in [0.5, 0.6) is 0 Å². The Balaban J connectivity index is 1.89. The van der Waals surface area contributed by atoms with Crippen molar-refractivity contribution < 1.29 is 30.8 Å². The van der Waals surface area contributed by atoms with Gasteiger partial charge in [0.05, 0.1) is 23.3 Å². The summed E-state index contributed by atoms with van der Waals surface area (Å²) in [5.74, 6) is -3.47. The second kappa shape index (κ2) is 9.40. The van der Waals surface area contributed by atoms with Gasteiger partial charge in [0.2, 0.25) is 5.91 Å². The molecule has 0 spiro atoms. The number of carbonyl (C=O) groups is 1. The molecule has 1 fully saturated rings. The van der Waals surface area contributed by atoms with Gasteiger partial charge in [-0.2, -0.15) is 18.4 Å². The summed E-state index contributed by atoms with van der Waals surface area (Å²) in [5.41, 5.74) is -1.58. The number of hydrogen-bond acceptors (Lipinski definition) is 7. The lowest BCUT2D eigenvalue weighted by Crippen LogP contribution is -2.54. The van der Waals surface area contributed by atoms with E-state index in [1.165, 1.54) is 18.6 Å². The lowest BCUT2D eigenvalue weighted by Gasteiger charge is -2.28. The van der Waals surface area contributed by atoms with Crippen molar-refractivity contribution in [3.8, 4) is 6.07 Å². The largest absolute Gasteiger partial charge is 0.407 e. The first kappa shape index (κ1) is 24.5. The van der Waals surface area contributed by atoms with Crippen LogP contribution < -0.4 is 10.6 Å². The smallest absolute Gasteiger partial charge is 0.336 e. The first-order valence-corrected chi connectivity index (χ1v) is 11.5. The molecule has 0 aliphatic heterocycles. The zero-order valence-corrected chi connectivity index (χ0v) is 17.8. The molecule has 1 aliphatic carbocycles. The molecule has 1 heterocycles. The van der Waals surface area contributed by atoms with Gasteiger partial charge in [0.25, 0.3) is 0 Å². The fourth-order valence-corrected chi connectivity index (χ4v) is 4.56. The molecule has 13 heteroatoms. The maximum absolute atomic E-state index is 13.8. The monoisotopic (exact) mass is 485 g/mol. The topological polar surface area (TPSA) is 125 Å². The number of aromatic nitrogens is 2. The van der Waals surface area contributed by atoms with E-state index in [0.29, 0.717) is 12.8 Å². The van der Waals surface area contributed by atoms with Gasteiger partial charge < -0.3 is 5.32 Å². The Bertz CT molecular complexity index is 1130. The molecule has 2 aromatic rings. The maximum atomic E-state index is 13.8. The van der Waals surface area contributed by atoms with E-state index in [9.17, 15) is 36.0 Å². The Morgan fingerprint density at radius 1 is 1.21 bits per heavy atom. The SMILES string of the molecule is N#CC1(NC(=O)[C@H](CS(=O)(=O)Cc2cnccn2)N[C@H](c2ccc(F)cc2)C(F)(F)F)CC1. The van der Waals surface area contributed by atoms with Gasteiger partial charge in [-0.3, -0.25) is 20.1 Å². The number of sulfone groups is 1. The Hall–Kier alpha value is -3.11. The van der Waals surface area contributed by atoms with E-state index < -0.39 is 62.4 Å². The molecular weight excluding hydrogens is 466 g/mol. The van der Waals surface area contributed by atoms with Crippen LogP contribution in [0.3, 0.4) is 0 Å². The Morgan fingerprint density at radius 3 is 2.39 bits per heavy atom. The highest BCUT2D eigenvalue weighted by molar-refractivity contribution is 7.90. The number of benzene rings is 1. The molecule has 8 nitrogen and oxygen atoms in total.